The van der Waals surface area contributed by atoms with Gasteiger partial charge in [-0.3, -0.25) is 0 Å². The molecule has 0 atom stereocenters. The van der Waals surface area contributed by atoms with Gasteiger partial charge >= 0.3 is 0 Å². The molecule has 0 radical (unpaired) electrons. The lowest BCUT2D eigenvalue weighted by atomic mass is 10.1. The van der Waals surface area contributed by atoms with E-state index in [4.69, 9.17) is 20.9 Å². The van der Waals surface area contributed by atoms with Crippen molar-refractivity contribution in [2.75, 3.05) is 5.32 Å². The lowest BCUT2D eigenvalue weighted by molar-refractivity contribution is 0.306. The van der Waals surface area contributed by atoms with Gasteiger partial charge in [-0.2, -0.15) is 0 Å². The van der Waals surface area contributed by atoms with Gasteiger partial charge in [0.05, 0.1) is 10.6 Å². The molecule has 1 N–H and O–H groups in total. The average molecular weight is 491 g/mol. The first-order valence-electron chi connectivity index (χ1n) is 10.5. The van der Waals surface area contributed by atoms with Crippen molar-refractivity contribution < 1.29 is 18.0 Å². The van der Waals surface area contributed by atoms with E-state index in [2.05, 4.69) is 20.4 Å². The van der Waals surface area contributed by atoms with Gasteiger partial charge in [0.15, 0.2) is 5.76 Å². The van der Waals surface area contributed by atoms with Crippen LogP contribution >= 0.6 is 11.6 Å². The summed E-state index contributed by atoms with van der Waals surface area (Å²) in [6.07, 6.45) is 2.96. The Morgan fingerprint density at radius 1 is 0.943 bits per heavy atom. The molecule has 0 spiro atoms. The zero-order chi connectivity index (χ0) is 24.2. The molecule has 5 aromatic rings. The Kier molecular flexibility index (Phi) is 6.36. The van der Waals surface area contributed by atoms with Crippen molar-refractivity contribution in [3.63, 3.8) is 0 Å². The monoisotopic (exact) mass is 490 g/mol. The molecule has 5 rings (SSSR count). The highest BCUT2D eigenvalue weighted by atomic mass is 35.5. The van der Waals surface area contributed by atoms with Crippen molar-refractivity contribution in [1.82, 2.24) is 15.1 Å². The summed E-state index contributed by atoms with van der Waals surface area (Å²) >= 11 is 6.40. The summed E-state index contributed by atoms with van der Waals surface area (Å²) in [7, 11) is 0. The number of aromatic nitrogens is 3. The molecule has 9 heteroatoms. The third kappa shape index (κ3) is 5.12. The van der Waals surface area contributed by atoms with Crippen LogP contribution in [0.2, 0.25) is 5.02 Å². The van der Waals surface area contributed by atoms with Crippen LogP contribution in [-0.2, 0) is 6.61 Å². The Balaban J connectivity index is 1.34. The molecule has 2 heterocycles. The highest BCUT2D eigenvalue weighted by molar-refractivity contribution is 6.32. The van der Waals surface area contributed by atoms with Crippen LogP contribution in [0.15, 0.2) is 89.8 Å². The Labute approximate surface area is 204 Å². The molecule has 3 aromatic carbocycles. The molecule has 0 bridgehead atoms. The summed E-state index contributed by atoms with van der Waals surface area (Å²) < 4.78 is 38.7. The maximum Gasteiger partial charge on any atom is 0.172 e. The van der Waals surface area contributed by atoms with E-state index in [1.54, 1.807) is 60.8 Å². The zero-order valence-corrected chi connectivity index (χ0v) is 18.8. The molecule has 0 unspecified atom stereocenters. The van der Waals surface area contributed by atoms with E-state index < -0.39 is 5.82 Å². The van der Waals surface area contributed by atoms with Gasteiger partial charge in [-0.25, -0.2) is 18.7 Å². The minimum Gasteiger partial charge on any atom is -0.487 e. The van der Waals surface area contributed by atoms with E-state index in [-0.39, 0.29) is 12.4 Å². The van der Waals surface area contributed by atoms with Crippen LogP contribution in [0.1, 0.15) is 5.56 Å². The smallest absolute Gasteiger partial charge is 0.172 e. The van der Waals surface area contributed by atoms with E-state index in [0.29, 0.717) is 50.4 Å². The third-order valence-electron chi connectivity index (χ3n) is 5.12. The van der Waals surface area contributed by atoms with Crippen molar-refractivity contribution in [2.45, 2.75) is 6.61 Å². The number of nitrogens with zero attached hydrogens (tertiary/aromatic N) is 3. The predicted molar refractivity (Wildman–Crippen MR) is 128 cm³/mol. The number of ether oxygens (including phenoxy) is 1. The fourth-order valence-corrected chi connectivity index (χ4v) is 3.66. The quantitative estimate of drug-likeness (QED) is 0.263. The van der Waals surface area contributed by atoms with E-state index in [9.17, 15) is 8.78 Å². The standard InChI is InChI=1S/C26H17ClF2N4O2/c27-21-11-18(8-9-24(21)34-14-16-4-3-5-17(28)10-16)32-26-20(13-30-15-31-26)25-12-23(33-35-25)19-6-1-2-7-22(19)29/h1-13,15H,14H2,(H,30,31,32). The number of hydrogen-bond acceptors (Lipinski definition) is 6. The summed E-state index contributed by atoms with van der Waals surface area (Å²) in [5.74, 6) is 0.539. The molecular weight excluding hydrogens is 474 g/mol. The SMILES string of the molecule is Fc1cccc(COc2ccc(Nc3ncncc3-c3cc(-c4ccccc4F)no3)cc2Cl)c1. The minimum absolute atomic E-state index is 0.177. The van der Waals surface area contributed by atoms with E-state index in [1.807, 2.05) is 0 Å². The highest BCUT2D eigenvalue weighted by Crippen LogP contribution is 2.34. The topological polar surface area (TPSA) is 73.1 Å². The molecule has 0 aliphatic rings. The van der Waals surface area contributed by atoms with Crippen molar-refractivity contribution >= 4 is 23.1 Å². The average Bonchev–Trinajstić information content (AvgIpc) is 3.34. The number of benzene rings is 3. The van der Waals surface area contributed by atoms with Crippen LogP contribution < -0.4 is 10.1 Å². The van der Waals surface area contributed by atoms with Crippen LogP contribution in [0.4, 0.5) is 20.3 Å². The summed E-state index contributed by atoms with van der Waals surface area (Å²) in [4.78, 5) is 8.36. The molecule has 0 saturated carbocycles. The maximum absolute atomic E-state index is 14.1. The van der Waals surface area contributed by atoms with Crippen LogP contribution in [0.25, 0.3) is 22.6 Å². The molecule has 0 amide bonds. The van der Waals surface area contributed by atoms with Gasteiger partial charge in [-0.05, 0) is 48.0 Å². The van der Waals surface area contributed by atoms with Crippen LogP contribution in [0.5, 0.6) is 5.75 Å². The van der Waals surface area contributed by atoms with Gasteiger partial charge in [0, 0.05) is 23.5 Å². The lowest BCUT2D eigenvalue weighted by Gasteiger charge is -2.12. The van der Waals surface area contributed by atoms with Gasteiger partial charge in [-0.15, -0.1) is 0 Å². The van der Waals surface area contributed by atoms with Crippen LogP contribution in [0.3, 0.4) is 0 Å². The fraction of sp³-hybridized carbons (Fsp3) is 0.0385. The number of hydrogen-bond donors (Lipinski definition) is 1. The van der Waals surface area contributed by atoms with Gasteiger partial charge in [-0.1, -0.05) is 41.0 Å². The molecule has 174 valence electrons. The van der Waals surface area contributed by atoms with E-state index in [1.165, 1.54) is 24.5 Å². The van der Waals surface area contributed by atoms with E-state index in [0.717, 1.165) is 0 Å². The Hall–Kier alpha value is -4.30. The largest absolute Gasteiger partial charge is 0.487 e. The molecule has 0 aliphatic carbocycles. The molecule has 6 nitrogen and oxygen atoms in total. The summed E-state index contributed by atoms with van der Waals surface area (Å²) in [6, 6.07) is 19.3. The number of anilines is 2. The fourth-order valence-electron chi connectivity index (χ4n) is 3.43. The first-order chi connectivity index (χ1) is 17.1. The van der Waals surface area contributed by atoms with Crippen molar-refractivity contribution in [3.05, 3.63) is 108 Å². The highest BCUT2D eigenvalue weighted by Gasteiger charge is 2.16. The van der Waals surface area contributed by atoms with Crippen molar-refractivity contribution in [1.29, 1.82) is 0 Å². The zero-order valence-electron chi connectivity index (χ0n) is 18.1. The second kappa shape index (κ2) is 9.90. The first kappa shape index (κ1) is 22.5. The second-order valence-electron chi connectivity index (χ2n) is 7.53. The van der Waals surface area contributed by atoms with Gasteiger partial charge in [0.1, 0.15) is 41.8 Å². The minimum atomic E-state index is -0.399. The molecule has 35 heavy (non-hydrogen) atoms. The van der Waals surface area contributed by atoms with Gasteiger partial charge in [0.25, 0.3) is 0 Å². The van der Waals surface area contributed by atoms with Crippen molar-refractivity contribution in [3.8, 4) is 28.3 Å². The molecule has 0 fully saturated rings. The lowest BCUT2D eigenvalue weighted by Crippen LogP contribution is -1.99. The Bertz CT molecular complexity index is 1490. The summed E-state index contributed by atoms with van der Waals surface area (Å²) in [5.41, 5.74) is 2.55. The normalized spacial score (nSPS) is 10.8. The third-order valence-corrected chi connectivity index (χ3v) is 5.41. The first-order valence-corrected chi connectivity index (χ1v) is 10.9. The maximum atomic E-state index is 14.1. The van der Waals surface area contributed by atoms with Crippen LogP contribution in [0, 0.1) is 11.6 Å². The van der Waals surface area contributed by atoms with Gasteiger partial charge in [0.2, 0.25) is 0 Å². The second-order valence-corrected chi connectivity index (χ2v) is 7.94. The predicted octanol–water partition coefficient (Wildman–Crippen LogP) is 7.05. The van der Waals surface area contributed by atoms with E-state index >= 15 is 0 Å². The molecule has 0 saturated heterocycles. The molecule has 2 aromatic heterocycles. The van der Waals surface area contributed by atoms with Crippen molar-refractivity contribution in [2.24, 2.45) is 0 Å². The Morgan fingerprint density at radius 3 is 2.66 bits per heavy atom. The summed E-state index contributed by atoms with van der Waals surface area (Å²) in [6.45, 7) is 0.177. The van der Waals surface area contributed by atoms with Crippen LogP contribution in [-0.4, -0.2) is 15.1 Å². The summed E-state index contributed by atoms with van der Waals surface area (Å²) in [5, 5.41) is 7.53. The molecule has 0 aliphatic heterocycles. The molecular formula is C26H17ClF2N4O2. The number of rotatable bonds is 7. The number of halogens is 3. The van der Waals surface area contributed by atoms with Gasteiger partial charge < -0.3 is 14.6 Å². The number of nitrogens with one attached hydrogen (secondary N) is 1. The Morgan fingerprint density at radius 2 is 1.83 bits per heavy atom.